The highest BCUT2D eigenvalue weighted by Gasteiger charge is 2.05. The predicted molar refractivity (Wildman–Crippen MR) is 49.4 cm³/mol. The van der Waals surface area contributed by atoms with E-state index in [-0.39, 0.29) is 18.8 Å². The van der Waals surface area contributed by atoms with Crippen molar-refractivity contribution in [3.8, 4) is 5.75 Å². The summed E-state index contributed by atoms with van der Waals surface area (Å²) >= 11 is 0. The number of hydrogen-bond acceptors (Lipinski definition) is 3. The summed E-state index contributed by atoms with van der Waals surface area (Å²) < 4.78 is 4.94. The van der Waals surface area contributed by atoms with Crippen LogP contribution in [-0.4, -0.2) is 23.2 Å². The maximum absolute atomic E-state index is 10.4. The highest BCUT2D eigenvalue weighted by atomic mass is 35.5. The number of carboxylic acids is 1. The Bertz CT molecular complexity index is 290. The van der Waals surface area contributed by atoms with E-state index in [1.807, 2.05) is 0 Å². The minimum atomic E-state index is -0.888. The number of aliphatic carboxylic acids is 1. The van der Waals surface area contributed by atoms with Crippen LogP contribution in [0.4, 0.5) is 0 Å². The van der Waals surface area contributed by atoms with Gasteiger partial charge in [-0.05, 0) is 6.07 Å². The molecule has 1 heterocycles. The molecule has 0 aliphatic carbocycles. The van der Waals surface area contributed by atoms with Crippen molar-refractivity contribution in [1.29, 1.82) is 0 Å². The second kappa shape index (κ2) is 5.37. The summed E-state index contributed by atoms with van der Waals surface area (Å²) in [7, 11) is 1.50. The van der Waals surface area contributed by atoms with Gasteiger partial charge in [0.1, 0.15) is 5.75 Å². The van der Waals surface area contributed by atoms with Crippen molar-refractivity contribution in [2.45, 2.75) is 6.42 Å². The number of nitrogens with zero attached hydrogens (tertiary/aromatic N) is 1. The van der Waals surface area contributed by atoms with Crippen molar-refractivity contribution in [3.05, 3.63) is 24.0 Å². The van der Waals surface area contributed by atoms with Gasteiger partial charge in [0.05, 0.1) is 13.5 Å². The fourth-order valence-corrected chi connectivity index (χ4v) is 0.909. The Hall–Kier alpha value is -1.29. The molecule has 0 fully saturated rings. The number of hydrogen-bond donors (Lipinski definition) is 1. The third-order valence-electron chi connectivity index (χ3n) is 1.42. The molecule has 5 heteroatoms. The van der Waals surface area contributed by atoms with Crippen LogP contribution in [0.2, 0.25) is 0 Å². The summed E-state index contributed by atoms with van der Waals surface area (Å²) in [5, 5.41) is 8.50. The number of ether oxygens (including phenoxy) is 1. The summed E-state index contributed by atoms with van der Waals surface area (Å²) in [4.78, 5) is 14.2. The molecule has 1 N–H and O–H groups in total. The van der Waals surface area contributed by atoms with Gasteiger partial charge in [0.2, 0.25) is 0 Å². The van der Waals surface area contributed by atoms with Gasteiger partial charge in [0.25, 0.3) is 0 Å². The molecule has 0 aliphatic heterocycles. The molecule has 72 valence electrons. The molecular weight excluding hydrogens is 194 g/mol. The van der Waals surface area contributed by atoms with Crippen molar-refractivity contribution in [3.63, 3.8) is 0 Å². The topological polar surface area (TPSA) is 59.4 Å². The monoisotopic (exact) mass is 203 g/mol. The molecule has 1 rings (SSSR count). The quantitative estimate of drug-likeness (QED) is 0.801. The zero-order chi connectivity index (χ0) is 8.97. The van der Waals surface area contributed by atoms with E-state index in [4.69, 9.17) is 9.84 Å². The summed E-state index contributed by atoms with van der Waals surface area (Å²) in [6.45, 7) is 0. The van der Waals surface area contributed by atoms with Gasteiger partial charge < -0.3 is 9.84 Å². The standard InChI is InChI=1S/C8H9NO3.ClH/c1-12-7-2-3-9-5-6(7)4-8(10)11;/h2-3,5H,4H2,1H3,(H,10,11);1H. The number of carboxylic acid groups (broad SMARTS) is 1. The van der Waals surface area contributed by atoms with E-state index in [2.05, 4.69) is 4.98 Å². The second-order valence-electron chi connectivity index (χ2n) is 2.26. The molecule has 1 aromatic heterocycles. The number of pyridine rings is 1. The average molecular weight is 204 g/mol. The lowest BCUT2D eigenvalue weighted by atomic mass is 10.2. The molecular formula is C8H10ClNO3. The van der Waals surface area contributed by atoms with Crippen molar-refractivity contribution in [1.82, 2.24) is 4.98 Å². The van der Waals surface area contributed by atoms with E-state index in [0.29, 0.717) is 11.3 Å². The van der Waals surface area contributed by atoms with Crippen molar-refractivity contribution >= 4 is 18.4 Å². The van der Waals surface area contributed by atoms with Crippen LogP contribution in [-0.2, 0) is 11.2 Å². The van der Waals surface area contributed by atoms with E-state index in [1.165, 1.54) is 13.3 Å². The molecule has 0 amide bonds. The molecule has 13 heavy (non-hydrogen) atoms. The molecule has 4 nitrogen and oxygen atoms in total. The Kier molecular flexibility index (Phi) is 4.84. The Morgan fingerprint density at radius 3 is 2.92 bits per heavy atom. The zero-order valence-corrected chi connectivity index (χ0v) is 7.87. The molecule has 0 spiro atoms. The van der Waals surface area contributed by atoms with Gasteiger partial charge in [-0.15, -0.1) is 12.4 Å². The molecule has 0 saturated heterocycles. The van der Waals surface area contributed by atoms with Gasteiger partial charge in [-0.2, -0.15) is 0 Å². The first-order valence-corrected chi connectivity index (χ1v) is 3.42. The maximum Gasteiger partial charge on any atom is 0.308 e. The average Bonchev–Trinajstić information content (AvgIpc) is 2.04. The van der Waals surface area contributed by atoms with Gasteiger partial charge in [-0.25, -0.2) is 0 Å². The number of rotatable bonds is 3. The SMILES string of the molecule is COc1ccncc1CC(=O)O.Cl. The van der Waals surface area contributed by atoms with Crippen LogP contribution < -0.4 is 4.74 Å². The maximum atomic E-state index is 10.4. The van der Waals surface area contributed by atoms with Crippen LogP contribution in [0.5, 0.6) is 5.75 Å². The molecule has 0 radical (unpaired) electrons. The number of aromatic nitrogens is 1. The van der Waals surface area contributed by atoms with Gasteiger partial charge in [-0.3, -0.25) is 9.78 Å². The van der Waals surface area contributed by atoms with E-state index in [0.717, 1.165) is 0 Å². The normalized spacial score (nSPS) is 8.69. The van der Waals surface area contributed by atoms with E-state index in [1.54, 1.807) is 12.3 Å². The predicted octanol–water partition coefficient (Wildman–Crippen LogP) is 1.14. The molecule has 0 bridgehead atoms. The molecule has 0 saturated carbocycles. The third kappa shape index (κ3) is 3.29. The van der Waals surface area contributed by atoms with Crippen LogP contribution >= 0.6 is 12.4 Å². The molecule has 1 aromatic rings. The Balaban J connectivity index is 0.00000144. The number of halogens is 1. The zero-order valence-electron chi connectivity index (χ0n) is 7.06. The van der Waals surface area contributed by atoms with E-state index >= 15 is 0 Å². The first kappa shape index (κ1) is 11.7. The van der Waals surface area contributed by atoms with Crippen LogP contribution in [0, 0.1) is 0 Å². The highest BCUT2D eigenvalue weighted by Crippen LogP contribution is 2.15. The van der Waals surface area contributed by atoms with Crippen LogP contribution in [0.25, 0.3) is 0 Å². The smallest absolute Gasteiger partial charge is 0.308 e. The van der Waals surface area contributed by atoms with Crippen LogP contribution in [0.3, 0.4) is 0 Å². The summed E-state index contributed by atoms with van der Waals surface area (Å²) in [5.74, 6) is -0.325. The lowest BCUT2D eigenvalue weighted by Gasteiger charge is -2.03. The van der Waals surface area contributed by atoms with Gasteiger partial charge in [0, 0.05) is 18.0 Å². The Morgan fingerprint density at radius 1 is 1.69 bits per heavy atom. The van der Waals surface area contributed by atoms with Crippen LogP contribution in [0.1, 0.15) is 5.56 Å². The van der Waals surface area contributed by atoms with Gasteiger partial charge >= 0.3 is 5.97 Å². The van der Waals surface area contributed by atoms with E-state index < -0.39 is 5.97 Å². The second-order valence-corrected chi connectivity index (χ2v) is 2.26. The molecule has 0 aliphatic rings. The van der Waals surface area contributed by atoms with Crippen molar-refractivity contribution < 1.29 is 14.6 Å². The van der Waals surface area contributed by atoms with Gasteiger partial charge in [-0.1, -0.05) is 0 Å². The minimum absolute atomic E-state index is 0. The third-order valence-corrected chi connectivity index (χ3v) is 1.42. The van der Waals surface area contributed by atoms with E-state index in [9.17, 15) is 4.79 Å². The summed E-state index contributed by atoms with van der Waals surface area (Å²) in [6, 6.07) is 1.64. The van der Waals surface area contributed by atoms with Gasteiger partial charge in [0.15, 0.2) is 0 Å². The van der Waals surface area contributed by atoms with Crippen molar-refractivity contribution in [2.75, 3.05) is 7.11 Å². The lowest BCUT2D eigenvalue weighted by Crippen LogP contribution is -2.02. The minimum Gasteiger partial charge on any atom is -0.496 e. The fraction of sp³-hybridized carbons (Fsp3) is 0.250. The Labute approximate surface area is 82.0 Å². The first-order chi connectivity index (χ1) is 5.74. The largest absolute Gasteiger partial charge is 0.496 e. The fourth-order valence-electron chi connectivity index (χ4n) is 0.909. The highest BCUT2D eigenvalue weighted by molar-refractivity contribution is 5.85. The molecule has 0 aromatic carbocycles. The van der Waals surface area contributed by atoms with Crippen LogP contribution in [0.15, 0.2) is 18.5 Å². The summed E-state index contributed by atoms with van der Waals surface area (Å²) in [6.07, 6.45) is 2.99. The number of methoxy groups -OCH3 is 1. The lowest BCUT2D eigenvalue weighted by molar-refractivity contribution is -0.136. The first-order valence-electron chi connectivity index (χ1n) is 3.42. The van der Waals surface area contributed by atoms with Crippen molar-refractivity contribution in [2.24, 2.45) is 0 Å². The Morgan fingerprint density at radius 2 is 2.38 bits per heavy atom. The summed E-state index contributed by atoms with van der Waals surface area (Å²) in [5.41, 5.74) is 0.590. The number of carbonyl (C=O) groups is 1. The molecule has 0 unspecified atom stereocenters. The molecule has 0 atom stereocenters.